The minimum Gasteiger partial charge on any atom is -0.466 e. The monoisotopic (exact) mass is 663 g/mol. The van der Waals surface area contributed by atoms with Gasteiger partial charge in [-0.2, -0.15) is 0 Å². The van der Waals surface area contributed by atoms with Gasteiger partial charge in [-0.25, -0.2) is 19.2 Å². The fraction of sp³-hybridized carbons (Fsp3) is 0.528. The molecule has 11 nitrogen and oxygen atoms in total. The number of esters is 4. The highest BCUT2D eigenvalue weighted by Gasteiger charge is 2.17. The van der Waals surface area contributed by atoms with Gasteiger partial charge in [0.25, 0.3) is 0 Å². The molecule has 2 fully saturated rings. The number of likely N-dealkylation sites (tertiary alicyclic amines) is 1. The van der Waals surface area contributed by atoms with E-state index in [-0.39, 0.29) is 42.5 Å². The number of nitrogens with zero attached hydrogens (tertiary/aromatic N) is 1. The SMILES string of the molecule is C=C(C)C(=O)OC.C=C(C)C(=O)OC1CCCCC1.C=C(C)C(=O)OCCOCC.C=CCOC(=O)C(=C)C.C=CN1CCCC1=O. The van der Waals surface area contributed by atoms with Gasteiger partial charge in [-0.1, -0.05) is 52.0 Å². The van der Waals surface area contributed by atoms with Crippen molar-refractivity contribution in [3.8, 4) is 0 Å². The lowest BCUT2D eigenvalue weighted by Crippen LogP contribution is -2.20. The van der Waals surface area contributed by atoms with Crippen LogP contribution in [0.4, 0.5) is 0 Å². The van der Waals surface area contributed by atoms with Crippen LogP contribution in [0.1, 0.15) is 79.6 Å². The van der Waals surface area contributed by atoms with Crippen LogP contribution in [0.2, 0.25) is 0 Å². The Morgan fingerprint density at radius 3 is 1.62 bits per heavy atom. The molecule has 0 spiro atoms. The Morgan fingerprint density at radius 2 is 1.28 bits per heavy atom. The Kier molecular flexibility index (Phi) is 30.5. The van der Waals surface area contributed by atoms with E-state index in [0.29, 0.717) is 48.5 Å². The summed E-state index contributed by atoms with van der Waals surface area (Å²) in [7, 11) is 1.33. The summed E-state index contributed by atoms with van der Waals surface area (Å²) in [5.74, 6) is -1.10. The van der Waals surface area contributed by atoms with E-state index in [9.17, 15) is 24.0 Å². The number of amides is 1. The lowest BCUT2D eigenvalue weighted by atomic mass is 9.98. The zero-order valence-corrected chi connectivity index (χ0v) is 29.5. The Morgan fingerprint density at radius 1 is 0.766 bits per heavy atom. The van der Waals surface area contributed by atoms with E-state index >= 15 is 0 Å². The van der Waals surface area contributed by atoms with Crippen LogP contribution in [0.25, 0.3) is 0 Å². The second-order valence-corrected chi connectivity index (χ2v) is 10.4. The summed E-state index contributed by atoms with van der Waals surface area (Å²) >= 11 is 0. The smallest absolute Gasteiger partial charge is 0.333 e. The molecule has 0 atom stereocenters. The molecule has 1 amide bonds. The van der Waals surface area contributed by atoms with Gasteiger partial charge in [-0.15, -0.1) is 0 Å². The number of carbonyl (C=O) groups is 5. The van der Waals surface area contributed by atoms with Gasteiger partial charge in [0.2, 0.25) is 5.91 Å². The number of hydrogen-bond acceptors (Lipinski definition) is 10. The number of rotatable bonds is 12. The van der Waals surface area contributed by atoms with Crippen molar-refractivity contribution < 1.29 is 47.7 Å². The molecule has 1 heterocycles. The maximum absolute atomic E-state index is 11.1. The molecule has 0 N–H and O–H groups in total. The second-order valence-electron chi connectivity index (χ2n) is 10.4. The van der Waals surface area contributed by atoms with Crippen LogP contribution in [-0.4, -0.2) is 80.9 Å². The predicted octanol–water partition coefficient (Wildman–Crippen LogP) is 6.36. The first-order chi connectivity index (χ1) is 22.1. The molecule has 266 valence electrons. The zero-order valence-electron chi connectivity index (χ0n) is 29.5. The minimum atomic E-state index is -0.366. The van der Waals surface area contributed by atoms with Crippen molar-refractivity contribution in [2.75, 3.05) is 40.1 Å². The zero-order chi connectivity index (χ0) is 36.8. The average Bonchev–Trinajstić information content (AvgIpc) is 3.47. The first-order valence-corrected chi connectivity index (χ1v) is 15.4. The average molecular weight is 664 g/mol. The number of carbonyl (C=O) groups excluding carboxylic acids is 5. The minimum absolute atomic E-state index is 0.156. The topological polar surface area (TPSA) is 135 Å². The van der Waals surface area contributed by atoms with Gasteiger partial charge in [0.05, 0.1) is 13.7 Å². The van der Waals surface area contributed by atoms with E-state index in [1.54, 1.807) is 38.8 Å². The molecule has 0 unspecified atom stereocenters. The standard InChI is InChI=1S/C10H16O2.C8H14O3.C7H10O2.C6H9NO.C5H8O2/c1-8(2)10(11)12-9-6-4-3-5-7-9;1-4-10-5-6-11-8(9)7(2)3;1-4-5-9-7(8)6(2)3;1-2-7-5-3-4-6(7)8;1-4(2)5(6)7-3/h9H,1,3-7H2,2H3;2,4-6H2,1,3H3;4H,1-2,5H2,3H3;2H,1,3-5H2;1H2,2-3H3. The fourth-order valence-electron chi connectivity index (χ4n) is 3.19. The van der Waals surface area contributed by atoms with E-state index < -0.39 is 0 Å². The van der Waals surface area contributed by atoms with E-state index in [1.165, 1.54) is 32.4 Å². The van der Waals surface area contributed by atoms with E-state index in [4.69, 9.17) is 14.2 Å². The molecule has 2 aliphatic rings. The highest BCUT2D eigenvalue weighted by atomic mass is 16.6. The van der Waals surface area contributed by atoms with Gasteiger partial charge in [0.15, 0.2) is 0 Å². The third-order valence-electron chi connectivity index (χ3n) is 5.73. The Hall–Kier alpha value is -4.25. The Balaban J connectivity index is -0.000000522. The number of methoxy groups -OCH3 is 1. The molecule has 0 bridgehead atoms. The molecular formula is C36H57NO10. The largest absolute Gasteiger partial charge is 0.466 e. The van der Waals surface area contributed by atoms with E-state index in [1.807, 2.05) is 6.92 Å². The summed E-state index contributed by atoms with van der Waals surface area (Å²) < 4.78 is 23.8. The van der Waals surface area contributed by atoms with Crippen LogP contribution in [0, 0.1) is 0 Å². The Bertz CT molecular complexity index is 1050. The van der Waals surface area contributed by atoms with Crippen molar-refractivity contribution >= 4 is 29.8 Å². The van der Waals surface area contributed by atoms with Crippen LogP contribution < -0.4 is 0 Å². The molecule has 1 saturated heterocycles. The second kappa shape index (κ2) is 30.4. The van der Waals surface area contributed by atoms with Crippen LogP contribution in [0.15, 0.2) is 74.0 Å². The summed E-state index contributed by atoms with van der Waals surface area (Å²) in [4.78, 5) is 54.9. The van der Waals surface area contributed by atoms with Crippen molar-refractivity contribution in [1.82, 2.24) is 4.90 Å². The number of hydrogen-bond donors (Lipinski definition) is 0. The first-order valence-electron chi connectivity index (χ1n) is 15.4. The van der Waals surface area contributed by atoms with E-state index in [0.717, 1.165) is 25.8 Å². The van der Waals surface area contributed by atoms with Crippen molar-refractivity contribution in [2.24, 2.45) is 0 Å². The van der Waals surface area contributed by atoms with Gasteiger partial charge in [0.1, 0.15) is 19.3 Å². The highest BCUT2D eigenvalue weighted by Crippen LogP contribution is 2.20. The molecular weight excluding hydrogens is 606 g/mol. The molecule has 0 aromatic heterocycles. The molecule has 2 rings (SSSR count). The normalized spacial score (nSPS) is 13.0. The third kappa shape index (κ3) is 28.9. The lowest BCUT2D eigenvalue weighted by Gasteiger charge is -2.21. The van der Waals surface area contributed by atoms with Gasteiger partial charge in [0, 0.05) is 41.9 Å². The van der Waals surface area contributed by atoms with Crippen molar-refractivity contribution in [2.45, 2.75) is 85.7 Å². The van der Waals surface area contributed by atoms with Gasteiger partial charge < -0.3 is 28.6 Å². The molecule has 0 aromatic carbocycles. The first kappa shape index (κ1) is 47.2. The van der Waals surface area contributed by atoms with Crippen molar-refractivity contribution in [1.29, 1.82) is 0 Å². The van der Waals surface area contributed by atoms with Crippen LogP contribution in [0.5, 0.6) is 0 Å². The predicted molar refractivity (Wildman–Crippen MR) is 184 cm³/mol. The lowest BCUT2D eigenvalue weighted by molar-refractivity contribution is -0.145. The molecule has 11 heteroatoms. The van der Waals surface area contributed by atoms with Crippen LogP contribution >= 0.6 is 0 Å². The molecule has 1 saturated carbocycles. The summed E-state index contributed by atoms with van der Waals surface area (Å²) in [6, 6.07) is 0. The molecule has 1 aliphatic heterocycles. The molecule has 0 aromatic rings. The fourth-order valence-corrected chi connectivity index (χ4v) is 3.19. The van der Waals surface area contributed by atoms with E-state index in [2.05, 4.69) is 48.9 Å². The maximum atomic E-state index is 11.1. The van der Waals surface area contributed by atoms with Crippen LogP contribution in [0.3, 0.4) is 0 Å². The quantitative estimate of drug-likeness (QED) is 0.0763. The number of ether oxygens (including phenoxy) is 5. The Labute approximate surface area is 282 Å². The van der Waals surface area contributed by atoms with Crippen LogP contribution in [-0.2, 0) is 47.7 Å². The van der Waals surface area contributed by atoms with Gasteiger partial charge >= 0.3 is 23.9 Å². The van der Waals surface area contributed by atoms with Gasteiger partial charge in [-0.05, 0) is 72.9 Å². The van der Waals surface area contributed by atoms with Gasteiger partial charge in [-0.3, -0.25) is 4.79 Å². The summed E-state index contributed by atoms with van der Waals surface area (Å²) in [5, 5.41) is 0. The summed E-state index contributed by atoms with van der Waals surface area (Å²) in [6.45, 7) is 31.5. The van der Waals surface area contributed by atoms with Crippen molar-refractivity contribution in [3.63, 3.8) is 0 Å². The molecule has 0 radical (unpaired) electrons. The third-order valence-corrected chi connectivity index (χ3v) is 5.73. The highest BCUT2D eigenvalue weighted by molar-refractivity contribution is 5.88. The summed E-state index contributed by atoms with van der Waals surface area (Å²) in [6.07, 6.45) is 10.7. The van der Waals surface area contributed by atoms with Crippen molar-refractivity contribution in [3.05, 3.63) is 74.0 Å². The molecule has 47 heavy (non-hydrogen) atoms. The maximum Gasteiger partial charge on any atom is 0.333 e. The summed E-state index contributed by atoms with van der Waals surface area (Å²) in [5.41, 5.74) is 1.77. The molecule has 1 aliphatic carbocycles.